The fourth-order valence-electron chi connectivity index (χ4n) is 0.443. The van der Waals surface area contributed by atoms with E-state index < -0.39 is 12.1 Å². The van der Waals surface area contributed by atoms with Crippen molar-refractivity contribution in [1.29, 1.82) is 0 Å². The number of hydrogen-bond donors (Lipinski definition) is 1. The molecular weight excluding hydrogens is 200 g/mol. The zero-order valence-electron chi connectivity index (χ0n) is 8.73. The van der Waals surface area contributed by atoms with Gasteiger partial charge in [0.2, 0.25) is 0 Å². The van der Waals surface area contributed by atoms with Crippen LogP contribution in [0.1, 0.15) is 13.8 Å². The number of hydrogen-bond acceptors (Lipinski definition) is 5. The van der Waals surface area contributed by atoms with Crippen molar-refractivity contribution in [3.8, 4) is 0 Å². The minimum atomic E-state index is -0.608. The van der Waals surface area contributed by atoms with Crippen molar-refractivity contribution in [2.24, 2.45) is 0 Å². The molecule has 1 N–H and O–H groups in total. The van der Waals surface area contributed by atoms with Gasteiger partial charge in [-0.3, -0.25) is 0 Å². The zero-order valence-corrected chi connectivity index (χ0v) is 8.73. The fraction of sp³-hybridized carbons (Fsp3) is 0.400. The summed E-state index contributed by atoms with van der Waals surface area (Å²) < 4.78 is 8.69. The molecule has 0 saturated carbocycles. The maximum Gasteiger partial charge on any atom is 0.338 e. The largest absolute Gasteiger partial charge is 0.460 e. The van der Waals surface area contributed by atoms with Crippen LogP contribution >= 0.6 is 0 Å². The molecule has 0 aromatic heterocycles. The second kappa shape index (κ2) is 6.78. The Labute approximate surface area is 88.0 Å². The summed E-state index contributed by atoms with van der Waals surface area (Å²) in [6, 6.07) is 0. The van der Waals surface area contributed by atoms with Crippen molar-refractivity contribution in [1.82, 2.24) is 0 Å². The lowest BCUT2D eigenvalue weighted by Crippen LogP contribution is -2.15. The van der Waals surface area contributed by atoms with E-state index in [9.17, 15) is 9.59 Å². The smallest absolute Gasteiger partial charge is 0.338 e. The highest BCUT2D eigenvalue weighted by molar-refractivity contribution is 5.87. The highest BCUT2D eigenvalue weighted by atomic mass is 16.5. The Kier molecular flexibility index (Phi) is 6.05. The van der Waals surface area contributed by atoms with E-state index in [0.717, 1.165) is 0 Å². The highest BCUT2D eigenvalue weighted by Crippen LogP contribution is 1.92. The quantitative estimate of drug-likeness (QED) is 0.548. The lowest BCUT2D eigenvalue weighted by Gasteiger charge is -2.04. The summed E-state index contributed by atoms with van der Waals surface area (Å²) in [4.78, 5) is 20.2. The lowest BCUT2D eigenvalue weighted by atomic mass is 10.3. The van der Waals surface area contributed by atoms with Crippen LogP contribution in [0.25, 0.3) is 0 Å². The number of ether oxygens (including phenoxy) is 2. The summed E-state index contributed by atoms with van der Waals surface area (Å²) in [7, 11) is 0. The van der Waals surface area contributed by atoms with Gasteiger partial charge in [-0.1, -0.05) is 6.58 Å². The molecule has 1 aliphatic heterocycles. The predicted octanol–water partition coefficient (Wildman–Crippen LogP) is 0.543. The Morgan fingerprint density at radius 1 is 1.73 bits per heavy atom. The molecule has 0 aromatic rings. The second-order valence-corrected chi connectivity index (χ2v) is 2.97. The van der Waals surface area contributed by atoms with E-state index in [0.29, 0.717) is 5.57 Å². The van der Waals surface area contributed by atoms with Crippen molar-refractivity contribution >= 4 is 11.9 Å². The van der Waals surface area contributed by atoms with Crippen molar-refractivity contribution in [3.05, 3.63) is 24.5 Å². The topological polar surface area (TPSA) is 72.8 Å². The van der Waals surface area contributed by atoms with Crippen LogP contribution in [0, 0.1) is 0 Å². The second-order valence-electron chi connectivity index (χ2n) is 2.97. The van der Waals surface area contributed by atoms with Crippen LogP contribution in [0.5, 0.6) is 0 Å². The van der Waals surface area contributed by atoms with Crippen LogP contribution in [-0.4, -0.2) is 29.8 Å². The van der Waals surface area contributed by atoms with Gasteiger partial charge in [0, 0.05) is 5.57 Å². The number of esters is 2. The molecule has 1 aliphatic rings. The third kappa shape index (κ3) is 7.45. The van der Waals surface area contributed by atoms with Crippen LogP contribution in [0.3, 0.4) is 0 Å². The van der Waals surface area contributed by atoms with E-state index in [1.165, 1.54) is 12.3 Å². The van der Waals surface area contributed by atoms with Gasteiger partial charge in [-0.25, -0.2) is 9.59 Å². The molecule has 0 radical (unpaired) electrons. The molecule has 0 fully saturated rings. The van der Waals surface area contributed by atoms with Crippen LogP contribution in [0.4, 0.5) is 0 Å². The van der Waals surface area contributed by atoms with E-state index in [2.05, 4.69) is 16.1 Å². The summed E-state index contributed by atoms with van der Waals surface area (Å²) in [6.07, 6.45) is 2.10. The normalized spacial score (nSPS) is 13.9. The number of rotatable bonds is 3. The van der Waals surface area contributed by atoms with Gasteiger partial charge < -0.3 is 14.6 Å². The summed E-state index contributed by atoms with van der Waals surface area (Å²) in [5.41, 5.74) is 0.348. The first-order valence-electron chi connectivity index (χ1n) is 4.31. The van der Waals surface area contributed by atoms with Gasteiger partial charge in [0.15, 0.2) is 0 Å². The Morgan fingerprint density at radius 2 is 2.20 bits per heavy atom. The molecule has 1 unspecified atom stereocenters. The molecule has 0 saturated heterocycles. The van der Waals surface area contributed by atoms with Crippen LogP contribution in [-0.2, 0) is 19.1 Å². The molecule has 15 heavy (non-hydrogen) atoms. The number of aliphatic hydroxyl groups excluding tert-OH is 1. The van der Waals surface area contributed by atoms with E-state index in [1.54, 1.807) is 13.8 Å². The van der Waals surface area contributed by atoms with Gasteiger partial charge in [-0.15, -0.1) is 0 Å². The van der Waals surface area contributed by atoms with Gasteiger partial charge in [-0.05, 0) is 13.8 Å². The molecule has 1 rings (SSSR count). The summed E-state index contributed by atoms with van der Waals surface area (Å²) in [6.45, 7) is 6.52. The summed E-state index contributed by atoms with van der Waals surface area (Å²) in [5, 5.41) is 8.68. The van der Waals surface area contributed by atoms with Crippen LogP contribution < -0.4 is 0 Å². The lowest BCUT2D eigenvalue weighted by molar-refractivity contribution is -0.141. The molecule has 0 amide bonds. The van der Waals surface area contributed by atoms with Gasteiger partial charge in [0.05, 0.1) is 12.2 Å². The maximum absolute atomic E-state index is 10.6. The average Bonchev–Trinajstić information content (AvgIpc) is 2.11. The van der Waals surface area contributed by atoms with Crippen molar-refractivity contribution in [2.75, 3.05) is 6.61 Å². The van der Waals surface area contributed by atoms with Crippen LogP contribution in [0.15, 0.2) is 24.5 Å². The zero-order chi connectivity index (χ0) is 11.8. The number of carbonyl (C=O) groups is 2. The van der Waals surface area contributed by atoms with E-state index in [-0.39, 0.29) is 12.6 Å². The molecule has 0 aromatic carbocycles. The Balaban J connectivity index is 0.000000322. The first-order chi connectivity index (χ1) is 6.93. The van der Waals surface area contributed by atoms with Gasteiger partial charge in [0.25, 0.3) is 0 Å². The Morgan fingerprint density at radius 3 is 2.40 bits per heavy atom. The van der Waals surface area contributed by atoms with Gasteiger partial charge >= 0.3 is 11.9 Å². The number of carbonyl (C=O) groups excluding carboxylic acids is 2. The van der Waals surface area contributed by atoms with Crippen molar-refractivity contribution in [3.63, 3.8) is 0 Å². The molecule has 0 bridgehead atoms. The molecule has 1 heterocycles. The minimum absolute atomic E-state index is 0.0334. The molecule has 0 aliphatic carbocycles. The molecular formula is C10H14O5. The highest BCUT2D eigenvalue weighted by Gasteiger charge is 2.03. The van der Waals surface area contributed by atoms with Crippen molar-refractivity contribution in [2.45, 2.75) is 20.0 Å². The maximum atomic E-state index is 10.6. The monoisotopic (exact) mass is 214 g/mol. The average molecular weight is 214 g/mol. The SMILES string of the molecule is C=C(C)C(=O)OCC(C)O.O=C1C=CO1. The minimum Gasteiger partial charge on any atom is -0.460 e. The molecule has 0 spiro atoms. The first-order valence-corrected chi connectivity index (χ1v) is 4.31. The van der Waals surface area contributed by atoms with Gasteiger partial charge in [0.1, 0.15) is 12.9 Å². The first kappa shape index (κ1) is 13.4. The summed E-state index contributed by atoms with van der Waals surface area (Å²) >= 11 is 0. The predicted molar refractivity (Wildman–Crippen MR) is 52.7 cm³/mol. The summed E-state index contributed by atoms with van der Waals surface area (Å²) in [5.74, 6) is -0.703. The van der Waals surface area contributed by atoms with E-state index in [1.807, 2.05) is 0 Å². The standard InChI is InChI=1S/C7H12O3.C3H2O2/c1-5(2)7(9)10-4-6(3)8;4-3-1-2-5-3/h6,8H,1,4H2,2-3H3;1-2H. The molecule has 84 valence electrons. The molecule has 1 atom stereocenters. The van der Waals surface area contributed by atoms with Crippen LogP contribution in [0.2, 0.25) is 0 Å². The van der Waals surface area contributed by atoms with Gasteiger partial charge in [-0.2, -0.15) is 0 Å². The van der Waals surface area contributed by atoms with E-state index in [4.69, 9.17) is 5.11 Å². The third-order valence-electron chi connectivity index (χ3n) is 1.19. The Hall–Kier alpha value is -1.62. The molecule has 5 heteroatoms. The van der Waals surface area contributed by atoms with Crippen molar-refractivity contribution < 1.29 is 24.2 Å². The Bertz CT molecular complexity index is 278. The third-order valence-corrected chi connectivity index (χ3v) is 1.19. The van der Waals surface area contributed by atoms with E-state index >= 15 is 0 Å². The molecule has 5 nitrogen and oxygen atoms in total. The number of aliphatic hydroxyl groups is 1. The number of cyclic esters (lactones) is 1. The fourth-order valence-corrected chi connectivity index (χ4v) is 0.443.